The third-order valence-corrected chi connectivity index (χ3v) is 2.54. The van der Waals surface area contributed by atoms with E-state index in [9.17, 15) is 4.39 Å². The highest BCUT2D eigenvalue weighted by molar-refractivity contribution is 7.80. The molecule has 3 N–H and O–H groups in total. The Morgan fingerprint density at radius 3 is 2.79 bits per heavy atom. The Balaban J connectivity index is 2.39. The van der Waals surface area contributed by atoms with E-state index in [-0.39, 0.29) is 4.99 Å². The number of benzene rings is 1. The smallest absolute Gasteiger partial charge is 0.159 e. The van der Waals surface area contributed by atoms with E-state index in [0.29, 0.717) is 22.9 Å². The monoisotopic (exact) mass is 278 g/mol. The van der Waals surface area contributed by atoms with Gasteiger partial charge in [-0.3, -0.25) is 0 Å². The van der Waals surface area contributed by atoms with E-state index in [1.807, 2.05) is 0 Å². The quantitative estimate of drug-likeness (QED) is 0.833. The summed E-state index contributed by atoms with van der Waals surface area (Å²) in [5.74, 6) is 0.343. The zero-order valence-electron chi connectivity index (χ0n) is 10.1. The van der Waals surface area contributed by atoms with Gasteiger partial charge in [0.05, 0.1) is 12.8 Å². The Hall–Kier alpha value is -2.28. The summed E-state index contributed by atoms with van der Waals surface area (Å²) < 4.78 is 18.2. The summed E-state index contributed by atoms with van der Waals surface area (Å²) in [4.78, 5) is 8.27. The van der Waals surface area contributed by atoms with E-state index in [4.69, 9.17) is 22.7 Å². The molecule has 19 heavy (non-hydrogen) atoms. The Morgan fingerprint density at radius 1 is 1.37 bits per heavy atom. The minimum Gasteiger partial charge on any atom is -0.494 e. The maximum absolute atomic E-state index is 13.1. The van der Waals surface area contributed by atoms with Crippen LogP contribution in [0, 0.1) is 5.82 Å². The largest absolute Gasteiger partial charge is 0.494 e. The SMILES string of the molecule is COc1cc(F)ccc1Nc1nccnc1C(N)=S. The second kappa shape index (κ2) is 5.57. The van der Waals surface area contributed by atoms with E-state index in [1.54, 1.807) is 0 Å². The fourth-order valence-electron chi connectivity index (χ4n) is 1.51. The number of methoxy groups -OCH3 is 1. The first-order chi connectivity index (χ1) is 9.11. The first kappa shape index (κ1) is 13.2. The van der Waals surface area contributed by atoms with Gasteiger partial charge in [0.1, 0.15) is 22.2 Å². The van der Waals surface area contributed by atoms with Crippen LogP contribution in [0.2, 0.25) is 0 Å². The summed E-state index contributed by atoms with van der Waals surface area (Å²) in [6.07, 6.45) is 2.99. The van der Waals surface area contributed by atoms with Crippen LogP contribution in [-0.2, 0) is 0 Å². The van der Waals surface area contributed by atoms with Crippen LogP contribution in [0.4, 0.5) is 15.9 Å². The van der Waals surface area contributed by atoms with E-state index in [2.05, 4.69) is 15.3 Å². The molecule has 0 spiro atoms. The number of nitrogens with two attached hydrogens (primary N) is 1. The van der Waals surface area contributed by atoms with Gasteiger partial charge in [0.25, 0.3) is 0 Å². The molecule has 0 saturated heterocycles. The molecule has 0 aliphatic heterocycles. The molecule has 1 heterocycles. The van der Waals surface area contributed by atoms with Crippen molar-refractivity contribution in [3.05, 3.63) is 42.1 Å². The third kappa shape index (κ3) is 2.94. The van der Waals surface area contributed by atoms with E-state index in [1.165, 1.54) is 37.7 Å². The zero-order valence-corrected chi connectivity index (χ0v) is 10.9. The number of hydrogen-bond acceptors (Lipinski definition) is 5. The summed E-state index contributed by atoms with van der Waals surface area (Å²) >= 11 is 4.89. The highest BCUT2D eigenvalue weighted by Gasteiger charge is 2.11. The van der Waals surface area contributed by atoms with Gasteiger partial charge in [-0.1, -0.05) is 12.2 Å². The van der Waals surface area contributed by atoms with Crippen LogP contribution in [0.25, 0.3) is 0 Å². The van der Waals surface area contributed by atoms with Gasteiger partial charge in [-0.25, -0.2) is 14.4 Å². The molecule has 0 aliphatic rings. The molecule has 0 fully saturated rings. The standard InChI is InChI=1S/C12H11FN4OS/c1-18-9-6-7(13)2-3-8(9)17-12-10(11(14)19)15-4-5-16-12/h2-6H,1H3,(H2,14,19)(H,16,17). The predicted octanol–water partition coefficient (Wildman–Crippen LogP) is 2.00. The molecule has 0 saturated carbocycles. The van der Waals surface area contributed by atoms with Gasteiger partial charge in [-0.05, 0) is 12.1 Å². The van der Waals surface area contributed by atoms with Gasteiger partial charge >= 0.3 is 0 Å². The number of anilines is 2. The van der Waals surface area contributed by atoms with Gasteiger partial charge in [-0.15, -0.1) is 0 Å². The highest BCUT2D eigenvalue weighted by atomic mass is 32.1. The lowest BCUT2D eigenvalue weighted by Crippen LogP contribution is -2.15. The Morgan fingerprint density at radius 2 is 2.11 bits per heavy atom. The number of hydrogen-bond donors (Lipinski definition) is 2. The summed E-state index contributed by atoms with van der Waals surface area (Å²) in [7, 11) is 1.45. The van der Waals surface area contributed by atoms with Gasteiger partial charge < -0.3 is 15.8 Å². The lowest BCUT2D eigenvalue weighted by atomic mass is 10.2. The normalized spacial score (nSPS) is 10.0. The molecule has 5 nitrogen and oxygen atoms in total. The second-order valence-corrected chi connectivity index (χ2v) is 4.03. The minimum absolute atomic E-state index is 0.122. The van der Waals surface area contributed by atoms with Crippen molar-refractivity contribution < 1.29 is 9.13 Å². The fourth-order valence-corrected chi connectivity index (χ4v) is 1.66. The maximum Gasteiger partial charge on any atom is 0.159 e. The molecule has 7 heteroatoms. The van der Waals surface area contributed by atoms with E-state index >= 15 is 0 Å². The molecule has 1 aromatic carbocycles. The Kier molecular flexibility index (Phi) is 3.86. The lowest BCUT2D eigenvalue weighted by molar-refractivity contribution is 0.413. The van der Waals surface area contributed by atoms with E-state index in [0.717, 1.165) is 0 Å². The van der Waals surface area contributed by atoms with Crippen molar-refractivity contribution in [2.24, 2.45) is 5.73 Å². The molecule has 0 aliphatic carbocycles. The third-order valence-electron chi connectivity index (χ3n) is 2.35. The number of ether oxygens (including phenoxy) is 1. The lowest BCUT2D eigenvalue weighted by Gasteiger charge is -2.12. The average Bonchev–Trinajstić information content (AvgIpc) is 2.41. The molecule has 98 valence electrons. The summed E-state index contributed by atoms with van der Waals surface area (Å²) in [6.45, 7) is 0. The van der Waals surface area contributed by atoms with Crippen molar-refractivity contribution in [3.8, 4) is 5.75 Å². The summed E-state index contributed by atoms with van der Waals surface area (Å²) in [5, 5.41) is 2.97. The topological polar surface area (TPSA) is 73.1 Å². The number of aromatic nitrogens is 2. The van der Waals surface area contributed by atoms with Crippen LogP contribution in [-0.4, -0.2) is 22.1 Å². The molecule has 0 atom stereocenters. The number of thiocarbonyl (C=S) groups is 1. The van der Waals surface area contributed by atoms with Crippen molar-refractivity contribution in [3.63, 3.8) is 0 Å². The first-order valence-corrected chi connectivity index (χ1v) is 5.74. The first-order valence-electron chi connectivity index (χ1n) is 5.33. The van der Waals surface area contributed by atoms with Crippen molar-refractivity contribution in [1.29, 1.82) is 0 Å². The molecule has 2 rings (SSSR count). The van der Waals surface area contributed by atoms with Gasteiger partial charge in [0.2, 0.25) is 0 Å². The van der Waals surface area contributed by atoms with Crippen LogP contribution in [0.1, 0.15) is 5.69 Å². The number of nitrogens with one attached hydrogen (secondary N) is 1. The predicted molar refractivity (Wildman–Crippen MR) is 74.2 cm³/mol. The molecule has 1 aromatic heterocycles. The van der Waals surface area contributed by atoms with Crippen molar-refractivity contribution in [1.82, 2.24) is 9.97 Å². The number of halogens is 1. The van der Waals surface area contributed by atoms with Gasteiger partial charge in [-0.2, -0.15) is 0 Å². The van der Waals surface area contributed by atoms with Crippen LogP contribution in [0.3, 0.4) is 0 Å². The molecule has 0 amide bonds. The van der Waals surface area contributed by atoms with Crippen molar-refractivity contribution in [2.45, 2.75) is 0 Å². The maximum atomic E-state index is 13.1. The van der Waals surface area contributed by atoms with Gasteiger partial charge in [0, 0.05) is 18.5 Å². The zero-order chi connectivity index (χ0) is 13.8. The summed E-state index contributed by atoms with van der Waals surface area (Å²) in [6, 6.07) is 4.10. The average molecular weight is 278 g/mol. The van der Waals surface area contributed by atoms with Crippen LogP contribution in [0.5, 0.6) is 5.75 Å². The fraction of sp³-hybridized carbons (Fsp3) is 0.0833. The van der Waals surface area contributed by atoms with Crippen molar-refractivity contribution >= 4 is 28.7 Å². The Bertz CT molecular complexity index is 620. The molecule has 0 bridgehead atoms. The van der Waals surface area contributed by atoms with Gasteiger partial charge in [0.15, 0.2) is 5.82 Å². The number of nitrogens with zero attached hydrogens (tertiary/aromatic N) is 2. The van der Waals surface area contributed by atoms with E-state index < -0.39 is 5.82 Å². The second-order valence-electron chi connectivity index (χ2n) is 3.59. The molecule has 2 aromatic rings. The molecule has 0 unspecified atom stereocenters. The van der Waals surface area contributed by atoms with Crippen LogP contribution in [0.15, 0.2) is 30.6 Å². The molecular formula is C12H11FN4OS. The highest BCUT2D eigenvalue weighted by Crippen LogP contribution is 2.28. The molecule has 0 radical (unpaired) electrons. The van der Waals surface area contributed by atoms with Crippen LogP contribution >= 0.6 is 12.2 Å². The Labute approximate surface area is 114 Å². The van der Waals surface area contributed by atoms with Crippen LogP contribution < -0.4 is 15.8 Å². The minimum atomic E-state index is -0.392. The summed E-state index contributed by atoms with van der Waals surface area (Å²) in [5.41, 5.74) is 6.47. The van der Waals surface area contributed by atoms with Crippen molar-refractivity contribution in [2.75, 3.05) is 12.4 Å². The molecular weight excluding hydrogens is 267 g/mol. The number of rotatable bonds is 4.